The van der Waals surface area contributed by atoms with Crippen LogP contribution in [0.2, 0.25) is 0 Å². The van der Waals surface area contributed by atoms with Crippen molar-refractivity contribution in [3.63, 3.8) is 0 Å². The topological polar surface area (TPSA) is 15.3 Å². The van der Waals surface area contributed by atoms with Gasteiger partial charge in [0.05, 0.1) is 5.03 Å². The van der Waals surface area contributed by atoms with Crippen LogP contribution in [0.3, 0.4) is 0 Å². The molecule has 1 N–H and O–H groups in total. The van der Waals surface area contributed by atoms with Crippen molar-refractivity contribution in [2.45, 2.75) is 19.4 Å². The molecule has 1 fully saturated rings. The molecule has 0 spiro atoms. The van der Waals surface area contributed by atoms with Crippen LogP contribution in [0.5, 0.6) is 0 Å². The highest BCUT2D eigenvalue weighted by molar-refractivity contribution is 8.03. The molecule has 2 nitrogen and oxygen atoms in total. The highest BCUT2D eigenvalue weighted by atomic mass is 32.2. The van der Waals surface area contributed by atoms with Gasteiger partial charge < -0.3 is 10.2 Å². The van der Waals surface area contributed by atoms with E-state index in [1.807, 2.05) is 11.8 Å². The summed E-state index contributed by atoms with van der Waals surface area (Å²) in [4.78, 5) is 2.40. The molecule has 84 valence electrons. The molecule has 0 aromatic heterocycles. The summed E-state index contributed by atoms with van der Waals surface area (Å²) in [6, 6.07) is 9.28. The van der Waals surface area contributed by atoms with Gasteiger partial charge in [0.1, 0.15) is 0 Å². The standard InChI is InChI=1S/C13H16N2S/c1-10-8-11-4-2-3-5-12(11)15(10)9-13-14-6-7-16-13/h2-5,9-10,14H,6-8H2,1H3. The maximum Gasteiger partial charge on any atom is 0.0848 e. The van der Waals surface area contributed by atoms with Gasteiger partial charge in [0.2, 0.25) is 0 Å². The molecular weight excluding hydrogens is 216 g/mol. The molecule has 0 saturated carbocycles. The number of rotatable bonds is 1. The second kappa shape index (κ2) is 4.06. The smallest absolute Gasteiger partial charge is 0.0848 e. The van der Waals surface area contributed by atoms with Gasteiger partial charge in [0.15, 0.2) is 0 Å². The Morgan fingerprint density at radius 2 is 2.31 bits per heavy atom. The first-order valence-electron chi connectivity index (χ1n) is 5.79. The van der Waals surface area contributed by atoms with Crippen molar-refractivity contribution in [3.05, 3.63) is 41.1 Å². The summed E-state index contributed by atoms with van der Waals surface area (Å²) in [7, 11) is 0. The zero-order chi connectivity index (χ0) is 11.0. The minimum atomic E-state index is 0.577. The van der Waals surface area contributed by atoms with Crippen LogP contribution < -0.4 is 10.2 Å². The third kappa shape index (κ3) is 1.69. The highest BCUT2D eigenvalue weighted by Crippen LogP contribution is 2.33. The van der Waals surface area contributed by atoms with Crippen LogP contribution in [0.4, 0.5) is 5.69 Å². The first kappa shape index (κ1) is 10.1. The Kier molecular flexibility index (Phi) is 2.56. The lowest BCUT2D eigenvalue weighted by Crippen LogP contribution is -2.24. The zero-order valence-electron chi connectivity index (χ0n) is 9.44. The SMILES string of the molecule is CC1Cc2ccccc2N1C=C1NCCS1. The van der Waals surface area contributed by atoms with Gasteiger partial charge in [0.25, 0.3) is 0 Å². The van der Waals surface area contributed by atoms with E-state index in [1.54, 1.807) is 0 Å². The number of benzene rings is 1. The van der Waals surface area contributed by atoms with Crippen LogP contribution in [0.15, 0.2) is 35.5 Å². The first-order valence-corrected chi connectivity index (χ1v) is 6.78. The quantitative estimate of drug-likeness (QED) is 0.801. The fraction of sp³-hybridized carbons (Fsp3) is 0.385. The van der Waals surface area contributed by atoms with Gasteiger partial charge in [-0.3, -0.25) is 0 Å². The molecule has 1 unspecified atom stereocenters. The van der Waals surface area contributed by atoms with Gasteiger partial charge in [-0.2, -0.15) is 0 Å². The van der Waals surface area contributed by atoms with Crippen molar-refractivity contribution in [2.75, 3.05) is 17.2 Å². The molecule has 0 amide bonds. The molecule has 1 saturated heterocycles. The second-order valence-corrected chi connectivity index (χ2v) is 5.49. The average Bonchev–Trinajstić information content (AvgIpc) is 2.89. The molecule has 3 heteroatoms. The minimum Gasteiger partial charge on any atom is -0.378 e. The van der Waals surface area contributed by atoms with Gasteiger partial charge in [-0.25, -0.2) is 0 Å². The summed E-state index contributed by atoms with van der Waals surface area (Å²) in [5, 5.41) is 4.73. The maximum atomic E-state index is 3.42. The Labute approximate surface area is 101 Å². The molecule has 2 aliphatic rings. The van der Waals surface area contributed by atoms with Gasteiger partial charge >= 0.3 is 0 Å². The molecular formula is C13H16N2S. The van der Waals surface area contributed by atoms with E-state index in [1.165, 1.54) is 22.0 Å². The molecule has 1 aromatic carbocycles. The minimum absolute atomic E-state index is 0.577. The van der Waals surface area contributed by atoms with E-state index in [4.69, 9.17) is 0 Å². The van der Waals surface area contributed by atoms with E-state index in [2.05, 4.69) is 47.6 Å². The van der Waals surface area contributed by atoms with Gasteiger partial charge in [0, 0.05) is 30.2 Å². The van der Waals surface area contributed by atoms with E-state index in [0.717, 1.165) is 13.0 Å². The van der Waals surface area contributed by atoms with E-state index in [-0.39, 0.29) is 0 Å². The summed E-state index contributed by atoms with van der Waals surface area (Å²) in [5.41, 5.74) is 2.84. The summed E-state index contributed by atoms with van der Waals surface area (Å²) >= 11 is 1.91. The molecule has 16 heavy (non-hydrogen) atoms. The number of nitrogens with zero attached hydrogens (tertiary/aromatic N) is 1. The molecule has 2 aliphatic heterocycles. The summed E-state index contributed by atoms with van der Waals surface area (Å²) in [6.45, 7) is 3.39. The molecule has 1 atom stereocenters. The number of para-hydroxylation sites is 1. The van der Waals surface area contributed by atoms with Crippen LogP contribution in [-0.4, -0.2) is 18.3 Å². The number of thioether (sulfide) groups is 1. The van der Waals surface area contributed by atoms with Crippen molar-refractivity contribution in [2.24, 2.45) is 0 Å². The van der Waals surface area contributed by atoms with Gasteiger partial charge in [-0.05, 0) is 25.0 Å². The lowest BCUT2D eigenvalue weighted by molar-refractivity contribution is 0.749. The van der Waals surface area contributed by atoms with E-state index < -0.39 is 0 Å². The van der Waals surface area contributed by atoms with Crippen molar-refractivity contribution in [3.8, 4) is 0 Å². The van der Waals surface area contributed by atoms with Crippen LogP contribution in [0.25, 0.3) is 0 Å². The van der Waals surface area contributed by atoms with Gasteiger partial charge in [-0.1, -0.05) is 18.2 Å². The molecule has 2 heterocycles. The van der Waals surface area contributed by atoms with E-state index >= 15 is 0 Å². The third-order valence-electron chi connectivity index (χ3n) is 3.18. The Morgan fingerprint density at radius 3 is 3.12 bits per heavy atom. The first-order chi connectivity index (χ1) is 7.84. The van der Waals surface area contributed by atoms with Crippen LogP contribution >= 0.6 is 11.8 Å². The predicted molar refractivity (Wildman–Crippen MR) is 70.6 cm³/mol. The third-order valence-corrected chi connectivity index (χ3v) is 4.14. The van der Waals surface area contributed by atoms with E-state index in [9.17, 15) is 0 Å². The lowest BCUT2D eigenvalue weighted by atomic mass is 10.1. The molecule has 3 rings (SSSR count). The van der Waals surface area contributed by atoms with Crippen LogP contribution in [0.1, 0.15) is 12.5 Å². The van der Waals surface area contributed by atoms with Crippen LogP contribution in [-0.2, 0) is 6.42 Å². The molecule has 0 radical (unpaired) electrons. The monoisotopic (exact) mass is 232 g/mol. The Hall–Kier alpha value is -1.09. The second-order valence-electron chi connectivity index (χ2n) is 4.36. The number of nitrogens with one attached hydrogen (secondary N) is 1. The summed E-state index contributed by atoms with van der Waals surface area (Å²) in [6.07, 6.45) is 3.43. The number of fused-ring (bicyclic) bond motifs is 1. The summed E-state index contributed by atoms with van der Waals surface area (Å²) < 4.78 is 0. The highest BCUT2D eigenvalue weighted by Gasteiger charge is 2.24. The maximum absolute atomic E-state index is 3.42. The molecule has 0 aliphatic carbocycles. The van der Waals surface area contributed by atoms with Crippen molar-refractivity contribution < 1.29 is 0 Å². The summed E-state index contributed by atoms with van der Waals surface area (Å²) in [5.74, 6) is 1.19. The van der Waals surface area contributed by atoms with Crippen molar-refractivity contribution >= 4 is 17.4 Å². The van der Waals surface area contributed by atoms with Crippen LogP contribution in [0, 0.1) is 0 Å². The van der Waals surface area contributed by atoms with Crippen molar-refractivity contribution in [1.29, 1.82) is 0 Å². The number of anilines is 1. The largest absolute Gasteiger partial charge is 0.378 e. The Morgan fingerprint density at radius 1 is 1.44 bits per heavy atom. The predicted octanol–water partition coefficient (Wildman–Crippen LogP) is 2.57. The fourth-order valence-corrected chi connectivity index (χ4v) is 3.20. The average molecular weight is 232 g/mol. The molecule has 0 bridgehead atoms. The van der Waals surface area contributed by atoms with Gasteiger partial charge in [-0.15, -0.1) is 11.8 Å². The van der Waals surface area contributed by atoms with Crippen molar-refractivity contribution in [1.82, 2.24) is 5.32 Å². The number of hydrogen-bond donors (Lipinski definition) is 1. The molecule has 1 aromatic rings. The Bertz CT molecular complexity index is 420. The fourth-order valence-electron chi connectivity index (χ4n) is 2.38. The Balaban J connectivity index is 1.92. The number of hydrogen-bond acceptors (Lipinski definition) is 3. The normalized spacial score (nSPS) is 25.9. The van der Waals surface area contributed by atoms with E-state index in [0.29, 0.717) is 6.04 Å². The zero-order valence-corrected chi connectivity index (χ0v) is 10.3. The lowest BCUT2D eigenvalue weighted by Gasteiger charge is -2.21.